The second kappa shape index (κ2) is 4.42. The van der Waals surface area contributed by atoms with Gasteiger partial charge in [-0.1, -0.05) is 18.1 Å². The quantitative estimate of drug-likeness (QED) is 0.705. The van der Waals surface area contributed by atoms with Gasteiger partial charge in [-0.3, -0.25) is 5.10 Å². The van der Waals surface area contributed by atoms with Crippen LogP contribution < -0.4 is 5.73 Å². The zero-order valence-electron chi connectivity index (χ0n) is 8.37. The van der Waals surface area contributed by atoms with Crippen LogP contribution in [0, 0.1) is 0 Å². The van der Waals surface area contributed by atoms with E-state index in [0.717, 1.165) is 12.1 Å². The van der Waals surface area contributed by atoms with Crippen molar-refractivity contribution >= 4 is 0 Å². The predicted octanol–water partition coefficient (Wildman–Crippen LogP) is 2.30. The third-order valence-electron chi connectivity index (χ3n) is 2.83. The smallest absolute Gasteiger partial charge is 0.0680 e. The van der Waals surface area contributed by atoms with Gasteiger partial charge in [-0.15, -0.1) is 0 Å². The number of allylic oxidation sites excluding steroid dienone is 1. The number of hydrogen-bond donors (Lipinski definition) is 2. The predicted molar refractivity (Wildman–Crippen MR) is 56.7 cm³/mol. The van der Waals surface area contributed by atoms with Crippen molar-refractivity contribution in [3.63, 3.8) is 0 Å². The monoisotopic (exact) mass is 191 g/mol. The summed E-state index contributed by atoms with van der Waals surface area (Å²) in [6.07, 6.45) is 10.3. The van der Waals surface area contributed by atoms with Crippen LogP contribution in [-0.2, 0) is 0 Å². The van der Waals surface area contributed by atoms with Gasteiger partial charge in [0.05, 0.1) is 11.7 Å². The van der Waals surface area contributed by atoms with Crippen molar-refractivity contribution in [2.45, 2.75) is 38.1 Å². The summed E-state index contributed by atoms with van der Waals surface area (Å²) in [5, 5.41) is 6.87. The zero-order chi connectivity index (χ0) is 9.80. The molecule has 3 N–H and O–H groups in total. The van der Waals surface area contributed by atoms with Crippen LogP contribution in [0.15, 0.2) is 23.9 Å². The summed E-state index contributed by atoms with van der Waals surface area (Å²) in [6, 6.07) is 1.98. The van der Waals surface area contributed by atoms with E-state index in [1.807, 2.05) is 6.07 Å². The van der Waals surface area contributed by atoms with E-state index in [1.165, 1.54) is 31.3 Å². The van der Waals surface area contributed by atoms with Crippen molar-refractivity contribution in [3.05, 3.63) is 29.6 Å². The highest BCUT2D eigenvalue weighted by Gasteiger charge is 2.13. The molecule has 3 heteroatoms. The lowest BCUT2D eigenvalue weighted by Gasteiger charge is -2.12. The lowest BCUT2D eigenvalue weighted by molar-refractivity contribution is 0.681. The Labute approximate surface area is 84.4 Å². The van der Waals surface area contributed by atoms with Gasteiger partial charge in [-0.05, 0) is 31.7 Å². The zero-order valence-corrected chi connectivity index (χ0v) is 8.37. The molecule has 0 aromatic carbocycles. The average Bonchev–Trinajstić information content (AvgIpc) is 2.59. The second-order valence-corrected chi connectivity index (χ2v) is 3.87. The third kappa shape index (κ3) is 2.04. The van der Waals surface area contributed by atoms with E-state index >= 15 is 0 Å². The van der Waals surface area contributed by atoms with Crippen molar-refractivity contribution in [1.29, 1.82) is 0 Å². The third-order valence-corrected chi connectivity index (χ3v) is 2.83. The summed E-state index contributed by atoms with van der Waals surface area (Å²) in [7, 11) is 0. The lowest BCUT2D eigenvalue weighted by atomic mass is 10.0. The molecule has 1 atom stereocenters. The Kier molecular flexibility index (Phi) is 2.99. The van der Waals surface area contributed by atoms with Crippen LogP contribution in [0.5, 0.6) is 0 Å². The fourth-order valence-electron chi connectivity index (χ4n) is 1.96. The first-order chi connectivity index (χ1) is 6.88. The van der Waals surface area contributed by atoms with E-state index in [2.05, 4.69) is 16.3 Å². The number of nitrogens with two attached hydrogens (primary N) is 1. The summed E-state index contributed by atoms with van der Waals surface area (Å²) in [6.45, 7) is 0. The van der Waals surface area contributed by atoms with Gasteiger partial charge in [0, 0.05) is 6.20 Å². The molecule has 1 heterocycles. The number of nitrogens with one attached hydrogen (secondary N) is 1. The summed E-state index contributed by atoms with van der Waals surface area (Å²) in [5.74, 6) is 0. The molecule has 2 rings (SSSR count). The Morgan fingerprint density at radius 2 is 2.29 bits per heavy atom. The van der Waals surface area contributed by atoms with Crippen LogP contribution in [0.2, 0.25) is 0 Å². The standard InChI is InChI=1S/C11H17N3/c12-11(10-7-8-13-14-10)9-5-3-1-2-4-6-9/h5,7-8,11H,1-4,6,12H2,(H,13,14). The Balaban J connectivity index is 2.10. The fraction of sp³-hybridized carbons (Fsp3) is 0.545. The van der Waals surface area contributed by atoms with Gasteiger partial charge in [0.2, 0.25) is 0 Å². The molecule has 1 aromatic heterocycles. The SMILES string of the molecule is NC(C1=CCCCCC1)c1ccn[nH]1. The Bertz CT molecular complexity index is 300. The maximum atomic E-state index is 6.14. The summed E-state index contributed by atoms with van der Waals surface area (Å²) in [5.41, 5.74) is 8.54. The topological polar surface area (TPSA) is 54.7 Å². The Morgan fingerprint density at radius 1 is 1.36 bits per heavy atom. The van der Waals surface area contributed by atoms with Gasteiger partial charge >= 0.3 is 0 Å². The molecule has 1 unspecified atom stereocenters. The van der Waals surface area contributed by atoms with Crippen LogP contribution in [0.1, 0.15) is 43.8 Å². The number of nitrogens with zero attached hydrogens (tertiary/aromatic N) is 1. The fourth-order valence-corrected chi connectivity index (χ4v) is 1.96. The molecule has 3 nitrogen and oxygen atoms in total. The maximum absolute atomic E-state index is 6.14. The molecular weight excluding hydrogens is 174 g/mol. The summed E-state index contributed by atoms with van der Waals surface area (Å²) >= 11 is 0. The molecular formula is C11H17N3. The van der Waals surface area contributed by atoms with Crippen molar-refractivity contribution in [2.75, 3.05) is 0 Å². The molecule has 1 aliphatic rings. The van der Waals surface area contributed by atoms with Crippen LogP contribution in [0.25, 0.3) is 0 Å². The minimum Gasteiger partial charge on any atom is -0.319 e. The van der Waals surface area contributed by atoms with E-state index in [1.54, 1.807) is 6.20 Å². The number of hydrogen-bond acceptors (Lipinski definition) is 2. The van der Waals surface area contributed by atoms with Gasteiger partial charge < -0.3 is 5.73 Å². The molecule has 1 aliphatic carbocycles. The van der Waals surface area contributed by atoms with Gasteiger partial charge in [0.25, 0.3) is 0 Å². The minimum atomic E-state index is 0.0237. The van der Waals surface area contributed by atoms with Gasteiger partial charge in [0.1, 0.15) is 0 Å². The van der Waals surface area contributed by atoms with Crippen LogP contribution in [0.3, 0.4) is 0 Å². The first-order valence-electron chi connectivity index (χ1n) is 5.31. The average molecular weight is 191 g/mol. The minimum absolute atomic E-state index is 0.0237. The first-order valence-corrected chi connectivity index (χ1v) is 5.31. The molecule has 0 amide bonds. The van der Waals surface area contributed by atoms with Crippen molar-refractivity contribution in [3.8, 4) is 0 Å². The molecule has 0 aliphatic heterocycles. The number of H-pyrrole nitrogens is 1. The maximum Gasteiger partial charge on any atom is 0.0680 e. The molecule has 0 saturated heterocycles. The molecule has 1 aromatic rings. The number of aromatic nitrogens is 2. The molecule has 0 bridgehead atoms. The summed E-state index contributed by atoms with van der Waals surface area (Å²) < 4.78 is 0. The highest BCUT2D eigenvalue weighted by Crippen LogP contribution is 2.25. The van der Waals surface area contributed by atoms with Gasteiger partial charge in [0.15, 0.2) is 0 Å². The molecule has 0 saturated carbocycles. The van der Waals surface area contributed by atoms with Crippen molar-refractivity contribution in [2.24, 2.45) is 5.73 Å². The van der Waals surface area contributed by atoms with Crippen LogP contribution >= 0.6 is 0 Å². The molecule has 14 heavy (non-hydrogen) atoms. The summed E-state index contributed by atoms with van der Waals surface area (Å²) in [4.78, 5) is 0. The Hall–Kier alpha value is -1.09. The van der Waals surface area contributed by atoms with E-state index in [4.69, 9.17) is 5.73 Å². The largest absolute Gasteiger partial charge is 0.319 e. The highest BCUT2D eigenvalue weighted by atomic mass is 15.1. The molecule has 0 radical (unpaired) electrons. The molecule has 0 spiro atoms. The van der Waals surface area contributed by atoms with E-state index in [9.17, 15) is 0 Å². The van der Waals surface area contributed by atoms with Gasteiger partial charge in [-0.2, -0.15) is 5.10 Å². The van der Waals surface area contributed by atoms with E-state index in [-0.39, 0.29) is 6.04 Å². The second-order valence-electron chi connectivity index (χ2n) is 3.87. The van der Waals surface area contributed by atoms with E-state index in [0.29, 0.717) is 0 Å². The Morgan fingerprint density at radius 3 is 3.07 bits per heavy atom. The van der Waals surface area contributed by atoms with Crippen molar-refractivity contribution in [1.82, 2.24) is 10.2 Å². The number of aromatic amines is 1. The van der Waals surface area contributed by atoms with E-state index < -0.39 is 0 Å². The number of rotatable bonds is 2. The van der Waals surface area contributed by atoms with Crippen molar-refractivity contribution < 1.29 is 0 Å². The molecule has 76 valence electrons. The van der Waals surface area contributed by atoms with Crippen LogP contribution in [0.4, 0.5) is 0 Å². The molecule has 0 fully saturated rings. The first kappa shape index (κ1) is 9.46. The highest BCUT2D eigenvalue weighted by molar-refractivity contribution is 5.21. The van der Waals surface area contributed by atoms with Crippen LogP contribution in [-0.4, -0.2) is 10.2 Å². The lowest BCUT2D eigenvalue weighted by Crippen LogP contribution is -2.13. The normalized spacial score (nSPS) is 19.9. The van der Waals surface area contributed by atoms with Gasteiger partial charge in [-0.25, -0.2) is 0 Å².